The molecule has 0 aliphatic heterocycles. The summed E-state index contributed by atoms with van der Waals surface area (Å²) in [6, 6.07) is 23.4. The molecule has 150 valence electrons. The minimum absolute atomic E-state index is 0.174. The number of aliphatic carboxylic acids is 1. The van der Waals surface area contributed by atoms with Crippen LogP contribution in [0.4, 0.5) is 0 Å². The topological polar surface area (TPSA) is 75.6 Å². The van der Waals surface area contributed by atoms with Crippen molar-refractivity contribution in [3.8, 4) is 5.75 Å². The lowest BCUT2D eigenvalue weighted by molar-refractivity contribution is -0.139. The summed E-state index contributed by atoms with van der Waals surface area (Å²) in [5.74, 6) is -0.787. The van der Waals surface area contributed by atoms with Crippen molar-refractivity contribution < 1.29 is 19.4 Å². The van der Waals surface area contributed by atoms with E-state index in [2.05, 4.69) is 5.32 Å². The lowest BCUT2D eigenvalue weighted by Crippen LogP contribution is -2.42. The van der Waals surface area contributed by atoms with Gasteiger partial charge in [-0.1, -0.05) is 60.7 Å². The molecule has 0 heterocycles. The molecule has 4 aromatic carbocycles. The minimum atomic E-state index is -1.08. The summed E-state index contributed by atoms with van der Waals surface area (Å²) >= 11 is 0. The van der Waals surface area contributed by atoms with Gasteiger partial charge in [0.2, 0.25) is 0 Å². The van der Waals surface area contributed by atoms with Crippen molar-refractivity contribution in [3.05, 3.63) is 90.0 Å². The Balaban J connectivity index is 1.70. The molecule has 30 heavy (non-hydrogen) atoms. The average molecular weight is 399 g/mol. The standard InChI is InChI=1S/C25H21NO4/c1-30-19-12-10-16(11-13-19)14-22(25(28)29)26-24(27)23-20-8-4-2-6-17(20)15-18-7-3-5-9-21(18)23/h2-13,15,22H,14H2,1H3,(H,26,27)(H,28,29)/t22-/m1/s1. The van der Waals surface area contributed by atoms with Crippen LogP contribution >= 0.6 is 0 Å². The fraction of sp³-hybridized carbons (Fsp3) is 0.120. The van der Waals surface area contributed by atoms with Crippen LogP contribution in [0.15, 0.2) is 78.9 Å². The van der Waals surface area contributed by atoms with Gasteiger partial charge in [0, 0.05) is 6.42 Å². The van der Waals surface area contributed by atoms with E-state index < -0.39 is 17.9 Å². The molecule has 1 amide bonds. The van der Waals surface area contributed by atoms with Gasteiger partial charge < -0.3 is 15.2 Å². The highest BCUT2D eigenvalue weighted by atomic mass is 16.5. The van der Waals surface area contributed by atoms with Gasteiger partial charge in [0.1, 0.15) is 11.8 Å². The second-order valence-corrected chi connectivity index (χ2v) is 7.11. The highest BCUT2D eigenvalue weighted by Crippen LogP contribution is 2.28. The fourth-order valence-corrected chi connectivity index (χ4v) is 3.69. The Morgan fingerprint density at radius 2 is 1.47 bits per heavy atom. The molecule has 2 N–H and O–H groups in total. The molecule has 0 saturated heterocycles. The number of rotatable bonds is 6. The lowest BCUT2D eigenvalue weighted by Gasteiger charge is -2.17. The number of nitrogens with one attached hydrogen (secondary N) is 1. The predicted molar refractivity (Wildman–Crippen MR) is 117 cm³/mol. The number of ether oxygens (including phenoxy) is 1. The summed E-state index contributed by atoms with van der Waals surface area (Å²) in [6.45, 7) is 0. The van der Waals surface area contributed by atoms with Crippen molar-refractivity contribution in [2.24, 2.45) is 0 Å². The van der Waals surface area contributed by atoms with E-state index in [4.69, 9.17) is 4.74 Å². The lowest BCUT2D eigenvalue weighted by atomic mass is 9.96. The molecule has 4 aromatic rings. The van der Waals surface area contributed by atoms with Crippen LogP contribution in [0.1, 0.15) is 15.9 Å². The number of amides is 1. The summed E-state index contributed by atoms with van der Waals surface area (Å²) in [5.41, 5.74) is 1.29. The Morgan fingerprint density at radius 3 is 2.00 bits per heavy atom. The largest absolute Gasteiger partial charge is 0.497 e. The molecule has 0 aliphatic carbocycles. The van der Waals surface area contributed by atoms with Gasteiger partial charge in [0.15, 0.2) is 0 Å². The molecule has 0 bridgehead atoms. The van der Waals surface area contributed by atoms with E-state index in [-0.39, 0.29) is 6.42 Å². The van der Waals surface area contributed by atoms with Crippen LogP contribution in [0, 0.1) is 0 Å². The number of carboxylic acids is 1. The molecule has 5 nitrogen and oxygen atoms in total. The van der Waals surface area contributed by atoms with Crippen molar-refractivity contribution in [3.63, 3.8) is 0 Å². The smallest absolute Gasteiger partial charge is 0.326 e. The third-order valence-corrected chi connectivity index (χ3v) is 5.20. The average Bonchev–Trinajstić information content (AvgIpc) is 2.77. The highest BCUT2D eigenvalue weighted by molar-refractivity contribution is 6.18. The summed E-state index contributed by atoms with van der Waals surface area (Å²) in [7, 11) is 1.57. The number of carbonyl (C=O) groups excluding carboxylic acids is 1. The summed E-state index contributed by atoms with van der Waals surface area (Å²) in [4.78, 5) is 25.2. The van der Waals surface area contributed by atoms with Gasteiger partial charge in [-0.25, -0.2) is 4.79 Å². The zero-order valence-electron chi connectivity index (χ0n) is 16.5. The Morgan fingerprint density at radius 1 is 0.900 bits per heavy atom. The van der Waals surface area contributed by atoms with Crippen molar-refractivity contribution in [1.29, 1.82) is 0 Å². The van der Waals surface area contributed by atoms with E-state index in [1.165, 1.54) is 0 Å². The summed E-state index contributed by atoms with van der Waals surface area (Å²) in [5, 5.41) is 15.9. The molecule has 0 saturated carbocycles. The third-order valence-electron chi connectivity index (χ3n) is 5.20. The fourth-order valence-electron chi connectivity index (χ4n) is 3.69. The maximum atomic E-state index is 13.3. The third kappa shape index (κ3) is 3.82. The second-order valence-electron chi connectivity index (χ2n) is 7.11. The molecule has 0 spiro atoms. The van der Waals surface area contributed by atoms with E-state index in [9.17, 15) is 14.7 Å². The number of hydrogen-bond donors (Lipinski definition) is 2. The van der Waals surface area contributed by atoms with E-state index in [1.54, 1.807) is 31.4 Å². The number of carboxylic acid groups (broad SMARTS) is 1. The molecular weight excluding hydrogens is 378 g/mol. The van der Waals surface area contributed by atoms with Gasteiger partial charge in [-0.2, -0.15) is 0 Å². The maximum Gasteiger partial charge on any atom is 0.326 e. The van der Waals surface area contributed by atoms with Gasteiger partial charge in [0.05, 0.1) is 12.7 Å². The summed E-state index contributed by atoms with van der Waals surface area (Å²) in [6.07, 6.45) is 0.174. The van der Waals surface area contributed by atoms with Gasteiger partial charge in [-0.3, -0.25) is 4.79 Å². The van der Waals surface area contributed by atoms with E-state index in [1.807, 2.05) is 54.6 Å². The van der Waals surface area contributed by atoms with Gasteiger partial charge in [-0.05, 0) is 45.3 Å². The number of fused-ring (bicyclic) bond motifs is 2. The van der Waals surface area contributed by atoms with Crippen LogP contribution in [-0.4, -0.2) is 30.1 Å². The van der Waals surface area contributed by atoms with Crippen LogP contribution in [-0.2, 0) is 11.2 Å². The summed E-state index contributed by atoms with van der Waals surface area (Å²) < 4.78 is 5.14. The van der Waals surface area contributed by atoms with E-state index in [0.29, 0.717) is 11.3 Å². The molecule has 5 heteroatoms. The number of carbonyl (C=O) groups is 2. The molecule has 0 aromatic heterocycles. The van der Waals surface area contributed by atoms with Crippen LogP contribution in [0.2, 0.25) is 0 Å². The predicted octanol–water partition coefficient (Wildman–Crippen LogP) is 4.43. The first-order valence-corrected chi connectivity index (χ1v) is 9.64. The molecular formula is C25H21NO4. The Bertz CT molecular complexity index is 1180. The highest BCUT2D eigenvalue weighted by Gasteiger charge is 2.23. The molecule has 4 rings (SSSR count). The molecule has 0 aliphatic rings. The molecule has 0 radical (unpaired) electrons. The first-order valence-electron chi connectivity index (χ1n) is 9.64. The Labute approximate surface area is 173 Å². The Hall–Kier alpha value is -3.86. The van der Waals surface area contributed by atoms with Gasteiger partial charge >= 0.3 is 5.97 Å². The minimum Gasteiger partial charge on any atom is -0.497 e. The van der Waals surface area contributed by atoms with Crippen LogP contribution in [0.25, 0.3) is 21.5 Å². The molecule has 1 atom stereocenters. The maximum absolute atomic E-state index is 13.3. The van der Waals surface area contributed by atoms with Crippen LogP contribution in [0.3, 0.4) is 0 Å². The normalized spacial score (nSPS) is 11.9. The van der Waals surface area contributed by atoms with E-state index >= 15 is 0 Å². The van der Waals surface area contributed by atoms with Crippen LogP contribution in [0.5, 0.6) is 5.75 Å². The monoisotopic (exact) mass is 399 g/mol. The molecule has 0 fully saturated rings. The van der Waals surface area contributed by atoms with Gasteiger partial charge in [-0.15, -0.1) is 0 Å². The van der Waals surface area contributed by atoms with E-state index in [0.717, 1.165) is 27.1 Å². The quantitative estimate of drug-likeness (QED) is 0.471. The van der Waals surface area contributed by atoms with Crippen molar-refractivity contribution >= 4 is 33.4 Å². The number of methoxy groups -OCH3 is 1. The zero-order chi connectivity index (χ0) is 21.1. The molecule has 0 unspecified atom stereocenters. The van der Waals surface area contributed by atoms with Crippen molar-refractivity contribution in [2.45, 2.75) is 12.5 Å². The van der Waals surface area contributed by atoms with Crippen molar-refractivity contribution in [2.75, 3.05) is 7.11 Å². The first kappa shape index (κ1) is 19.5. The SMILES string of the molecule is COc1ccc(C[C@@H](NC(=O)c2c3ccccc3cc3ccccc23)C(=O)O)cc1. The zero-order valence-corrected chi connectivity index (χ0v) is 16.5. The van der Waals surface area contributed by atoms with Crippen LogP contribution < -0.4 is 10.1 Å². The first-order chi connectivity index (χ1) is 14.6. The van der Waals surface area contributed by atoms with Crippen molar-refractivity contribution in [1.82, 2.24) is 5.32 Å². The second kappa shape index (κ2) is 8.25. The number of benzene rings is 4. The van der Waals surface area contributed by atoms with Gasteiger partial charge in [0.25, 0.3) is 5.91 Å². The number of hydrogen-bond acceptors (Lipinski definition) is 3. The Kier molecular flexibility index (Phi) is 5.35.